The van der Waals surface area contributed by atoms with Gasteiger partial charge in [0.15, 0.2) is 0 Å². The van der Waals surface area contributed by atoms with Gasteiger partial charge in [0.2, 0.25) is 5.91 Å². The van der Waals surface area contributed by atoms with Crippen LogP contribution < -0.4 is 11.1 Å². The molecule has 0 fully saturated rings. The van der Waals surface area contributed by atoms with Gasteiger partial charge < -0.3 is 11.1 Å². The molecule has 0 aliphatic carbocycles. The van der Waals surface area contributed by atoms with Crippen LogP contribution in [0, 0.1) is 0 Å². The first-order valence-electron chi connectivity index (χ1n) is 7.58. The quantitative estimate of drug-likeness (QED) is 0.681. The number of rotatable bonds is 9. The number of hydrogen-bond donors (Lipinski definition) is 2. The minimum Gasteiger partial charge on any atom is -0.351 e. The lowest BCUT2D eigenvalue weighted by atomic mass is 9.95. The summed E-state index contributed by atoms with van der Waals surface area (Å²) >= 11 is 0. The van der Waals surface area contributed by atoms with Crippen LogP contribution in [-0.4, -0.2) is 18.0 Å². The van der Waals surface area contributed by atoms with E-state index in [0.717, 1.165) is 32.1 Å². The van der Waals surface area contributed by atoms with E-state index in [0.29, 0.717) is 13.0 Å². The first kappa shape index (κ1) is 16.7. The summed E-state index contributed by atoms with van der Waals surface area (Å²) in [7, 11) is 0. The Morgan fingerprint density at radius 2 is 1.85 bits per heavy atom. The van der Waals surface area contributed by atoms with Crippen LogP contribution in [0.3, 0.4) is 0 Å². The molecule has 0 unspecified atom stereocenters. The van der Waals surface area contributed by atoms with Gasteiger partial charge in [0.25, 0.3) is 0 Å². The number of carbonyl (C=O) groups excluding carboxylic acids is 1. The molecule has 0 saturated carbocycles. The highest BCUT2D eigenvalue weighted by Crippen LogP contribution is 2.14. The van der Waals surface area contributed by atoms with E-state index in [1.165, 1.54) is 5.56 Å². The van der Waals surface area contributed by atoms with Gasteiger partial charge in [-0.1, -0.05) is 36.8 Å². The third-order valence-corrected chi connectivity index (χ3v) is 3.47. The van der Waals surface area contributed by atoms with Crippen LogP contribution >= 0.6 is 0 Å². The average molecular weight is 276 g/mol. The molecule has 0 radical (unpaired) electrons. The second kappa shape index (κ2) is 8.75. The molecule has 0 saturated heterocycles. The molecule has 1 aromatic carbocycles. The molecule has 20 heavy (non-hydrogen) atoms. The standard InChI is InChI=1S/C17H28N2O/c1-17(2,13-12-15-9-5-3-6-10-15)19-16(20)11-7-4-8-14-18/h3,5-6,9-10H,4,7-8,11-14,18H2,1-2H3,(H,19,20). The molecule has 0 aromatic heterocycles. The van der Waals surface area contributed by atoms with E-state index in [9.17, 15) is 4.79 Å². The average Bonchev–Trinajstić information content (AvgIpc) is 2.42. The van der Waals surface area contributed by atoms with Gasteiger partial charge >= 0.3 is 0 Å². The first-order chi connectivity index (χ1) is 9.53. The lowest BCUT2D eigenvalue weighted by Gasteiger charge is -2.26. The Kier molecular flexibility index (Phi) is 7.31. The molecule has 1 rings (SSSR count). The molecule has 3 N–H and O–H groups in total. The topological polar surface area (TPSA) is 55.1 Å². The van der Waals surface area contributed by atoms with Crippen LogP contribution in [-0.2, 0) is 11.2 Å². The fraction of sp³-hybridized carbons (Fsp3) is 0.588. The third kappa shape index (κ3) is 7.29. The molecule has 0 aliphatic heterocycles. The van der Waals surface area contributed by atoms with Crippen LogP contribution in [0.25, 0.3) is 0 Å². The molecule has 1 aromatic rings. The maximum absolute atomic E-state index is 11.9. The van der Waals surface area contributed by atoms with Crippen molar-refractivity contribution in [2.75, 3.05) is 6.54 Å². The van der Waals surface area contributed by atoms with Gasteiger partial charge in [-0.3, -0.25) is 4.79 Å². The summed E-state index contributed by atoms with van der Waals surface area (Å²) in [4.78, 5) is 11.9. The third-order valence-electron chi connectivity index (χ3n) is 3.47. The molecule has 0 heterocycles. The van der Waals surface area contributed by atoms with Crippen molar-refractivity contribution in [1.82, 2.24) is 5.32 Å². The summed E-state index contributed by atoms with van der Waals surface area (Å²) < 4.78 is 0. The summed E-state index contributed by atoms with van der Waals surface area (Å²) in [6.45, 7) is 4.89. The van der Waals surface area contributed by atoms with E-state index in [1.807, 2.05) is 6.07 Å². The molecule has 0 bridgehead atoms. The Labute approximate surface area is 122 Å². The lowest BCUT2D eigenvalue weighted by molar-refractivity contribution is -0.122. The van der Waals surface area contributed by atoms with Gasteiger partial charge in [0.1, 0.15) is 0 Å². The number of unbranched alkanes of at least 4 members (excludes halogenated alkanes) is 2. The second-order valence-electron chi connectivity index (χ2n) is 6.02. The van der Waals surface area contributed by atoms with Crippen molar-refractivity contribution in [3.8, 4) is 0 Å². The van der Waals surface area contributed by atoms with Crippen LogP contribution in [0.4, 0.5) is 0 Å². The Morgan fingerprint density at radius 3 is 2.50 bits per heavy atom. The molecular formula is C17H28N2O. The summed E-state index contributed by atoms with van der Waals surface area (Å²) in [5, 5.41) is 3.13. The minimum absolute atomic E-state index is 0.152. The fourth-order valence-electron chi connectivity index (χ4n) is 2.21. The summed E-state index contributed by atoms with van der Waals surface area (Å²) in [6, 6.07) is 10.4. The largest absolute Gasteiger partial charge is 0.351 e. The van der Waals surface area contributed by atoms with Crippen LogP contribution in [0.2, 0.25) is 0 Å². The maximum Gasteiger partial charge on any atom is 0.220 e. The fourth-order valence-corrected chi connectivity index (χ4v) is 2.21. The van der Waals surface area contributed by atoms with Crippen molar-refractivity contribution in [3.05, 3.63) is 35.9 Å². The zero-order valence-corrected chi connectivity index (χ0v) is 12.8. The number of hydrogen-bond acceptors (Lipinski definition) is 2. The molecule has 112 valence electrons. The van der Waals surface area contributed by atoms with Gasteiger partial charge in [0, 0.05) is 12.0 Å². The van der Waals surface area contributed by atoms with E-state index >= 15 is 0 Å². The van der Waals surface area contributed by atoms with Gasteiger partial charge in [0.05, 0.1) is 0 Å². The summed E-state index contributed by atoms with van der Waals surface area (Å²) in [5.74, 6) is 0.153. The lowest BCUT2D eigenvalue weighted by Crippen LogP contribution is -2.43. The predicted octanol–water partition coefficient (Wildman–Crippen LogP) is 3.03. The smallest absolute Gasteiger partial charge is 0.220 e. The van der Waals surface area contributed by atoms with Gasteiger partial charge in [-0.2, -0.15) is 0 Å². The van der Waals surface area contributed by atoms with Gasteiger partial charge in [-0.25, -0.2) is 0 Å². The maximum atomic E-state index is 11.9. The molecule has 1 amide bonds. The number of nitrogens with one attached hydrogen (secondary N) is 1. The van der Waals surface area contributed by atoms with Crippen LogP contribution in [0.1, 0.15) is 51.5 Å². The second-order valence-corrected chi connectivity index (χ2v) is 6.02. The van der Waals surface area contributed by atoms with Crippen molar-refractivity contribution in [3.63, 3.8) is 0 Å². The van der Waals surface area contributed by atoms with E-state index in [-0.39, 0.29) is 11.4 Å². The van der Waals surface area contributed by atoms with Crippen molar-refractivity contribution in [1.29, 1.82) is 0 Å². The zero-order valence-electron chi connectivity index (χ0n) is 12.8. The number of carbonyl (C=O) groups is 1. The Morgan fingerprint density at radius 1 is 1.15 bits per heavy atom. The molecule has 3 heteroatoms. The minimum atomic E-state index is -0.152. The number of amides is 1. The van der Waals surface area contributed by atoms with Crippen molar-refractivity contribution >= 4 is 5.91 Å². The van der Waals surface area contributed by atoms with E-state index < -0.39 is 0 Å². The Balaban J connectivity index is 2.27. The van der Waals surface area contributed by atoms with Crippen LogP contribution in [0.15, 0.2) is 30.3 Å². The van der Waals surface area contributed by atoms with Crippen molar-refractivity contribution < 1.29 is 4.79 Å². The van der Waals surface area contributed by atoms with Crippen molar-refractivity contribution in [2.24, 2.45) is 5.73 Å². The SMILES string of the molecule is CC(C)(CCc1ccccc1)NC(=O)CCCCCN. The molecule has 0 spiro atoms. The molecule has 0 atom stereocenters. The summed E-state index contributed by atoms with van der Waals surface area (Å²) in [5.41, 5.74) is 6.61. The van der Waals surface area contributed by atoms with Crippen LogP contribution in [0.5, 0.6) is 0 Å². The van der Waals surface area contributed by atoms with Gasteiger partial charge in [-0.05, 0) is 51.6 Å². The number of benzene rings is 1. The van der Waals surface area contributed by atoms with Crippen molar-refractivity contribution in [2.45, 2.75) is 57.9 Å². The van der Waals surface area contributed by atoms with Gasteiger partial charge in [-0.15, -0.1) is 0 Å². The highest BCUT2D eigenvalue weighted by molar-refractivity contribution is 5.76. The zero-order chi connectivity index (χ0) is 14.8. The Hall–Kier alpha value is -1.35. The predicted molar refractivity (Wildman–Crippen MR) is 84.5 cm³/mol. The first-order valence-corrected chi connectivity index (χ1v) is 7.58. The molecule has 3 nitrogen and oxygen atoms in total. The number of aryl methyl sites for hydroxylation is 1. The highest BCUT2D eigenvalue weighted by atomic mass is 16.1. The van der Waals surface area contributed by atoms with E-state index in [2.05, 4.69) is 43.4 Å². The molecule has 0 aliphatic rings. The monoisotopic (exact) mass is 276 g/mol. The molecular weight excluding hydrogens is 248 g/mol. The highest BCUT2D eigenvalue weighted by Gasteiger charge is 2.19. The summed E-state index contributed by atoms with van der Waals surface area (Å²) in [6.07, 6.45) is 5.51. The van der Waals surface area contributed by atoms with E-state index in [4.69, 9.17) is 5.73 Å². The van der Waals surface area contributed by atoms with E-state index in [1.54, 1.807) is 0 Å². The number of nitrogens with two attached hydrogens (primary N) is 1. The Bertz CT molecular complexity index is 387. The normalized spacial score (nSPS) is 11.3.